The summed E-state index contributed by atoms with van der Waals surface area (Å²) in [5, 5.41) is 8.73. The van der Waals surface area contributed by atoms with Crippen molar-refractivity contribution in [1.29, 1.82) is 5.41 Å². The van der Waals surface area contributed by atoms with E-state index in [1.807, 2.05) is 19.1 Å². The van der Waals surface area contributed by atoms with Crippen molar-refractivity contribution in [3.8, 4) is 0 Å². The Morgan fingerprint density at radius 2 is 2.11 bits per heavy atom. The molecule has 0 radical (unpaired) electrons. The molecule has 0 aromatic carbocycles. The summed E-state index contributed by atoms with van der Waals surface area (Å²) in [6.45, 7) is 5.67. The number of aromatic nitrogens is 2. The van der Waals surface area contributed by atoms with Gasteiger partial charge in [0.05, 0.1) is 11.1 Å². The highest BCUT2D eigenvalue weighted by Crippen LogP contribution is 2.18. The fourth-order valence-electron chi connectivity index (χ4n) is 1.93. The van der Waals surface area contributed by atoms with Gasteiger partial charge in [0.15, 0.2) is 0 Å². The van der Waals surface area contributed by atoms with Gasteiger partial charge in [-0.2, -0.15) is 0 Å². The lowest BCUT2D eigenvalue weighted by atomic mass is 10.1. The van der Waals surface area contributed by atoms with Gasteiger partial charge in [0.2, 0.25) is 0 Å². The Bertz CT molecular complexity index is 661. The number of rotatable bonds is 3. The number of nitrogens with one attached hydrogen (secondary N) is 1. The largest absolute Gasteiger partial charge is 0.399 e. The van der Waals surface area contributed by atoms with E-state index < -0.39 is 0 Å². The van der Waals surface area contributed by atoms with Gasteiger partial charge in [-0.3, -0.25) is 10.4 Å². The lowest BCUT2D eigenvalue weighted by molar-refractivity contribution is 0.597. The Kier molecular flexibility index (Phi) is 3.71. The molecule has 5 heteroatoms. The highest BCUT2D eigenvalue weighted by Gasteiger charge is 2.11. The van der Waals surface area contributed by atoms with Gasteiger partial charge in [-0.15, -0.1) is 0 Å². The van der Waals surface area contributed by atoms with E-state index in [0.717, 1.165) is 5.56 Å². The zero-order chi connectivity index (χ0) is 14.0. The second kappa shape index (κ2) is 5.28. The first kappa shape index (κ1) is 13.4. The van der Waals surface area contributed by atoms with Crippen LogP contribution in [0.2, 0.25) is 5.02 Å². The van der Waals surface area contributed by atoms with E-state index in [0.29, 0.717) is 21.8 Å². The molecule has 0 aliphatic heterocycles. The molecule has 0 fully saturated rings. The van der Waals surface area contributed by atoms with Crippen LogP contribution < -0.4 is 11.2 Å². The van der Waals surface area contributed by atoms with Gasteiger partial charge in [-0.25, -0.2) is 0 Å². The number of hydrogen-bond acceptors (Lipinski definition) is 3. The first-order valence-corrected chi connectivity index (χ1v) is 6.19. The normalized spacial score (nSPS) is 12.1. The third-order valence-electron chi connectivity index (χ3n) is 3.01. The molecule has 0 bridgehead atoms. The van der Waals surface area contributed by atoms with Crippen molar-refractivity contribution < 1.29 is 0 Å². The summed E-state index contributed by atoms with van der Waals surface area (Å²) >= 11 is 6.08. The van der Waals surface area contributed by atoms with Crippen LogP contribution in [-0.4, -0.2) is 9.55 Å². The molecule has 2 heterocycles. The molecule has 0 amide bonds. The highest BCUT2D eigenvalue weighted by molar-refractivity contribution is 6.30. The molecule has 2 aromatic rings. The SMILES string of the molecule is C=C(N)c1cc(Cl)cn(C(C)c2ccncc2)c1=N. The molecule has 98 valence electrons. The van der Waals surface area contributed by atoms with Gasteiger partial charge in [0.25, 0.3) is 0 Å². The minimum absolute atomic E-state index is 0.0349. The molecular weight excluding hydrogens is 260 g/mol. The Morgan fingerprint density at radius 3 is 2.68 bits per heavy atom. The topological polar surface area (TPSA) is 67.7 Å². The Morgan fingerprint density at radius 1 is 1.47 bits per heavy atom. The first-order chi connectivity index (χ1) is 9.00. The smallest absolute Gasteiger partial charge is 0.134 e. The number of nitrogens with two attached hydrogens (primary N) is 1. The van der Waals surface area contributed by atoms with Crippen molar-refractivity contribution in [2.75, 3.05) is 0 Å². The van der Waals surface area contributed by atoms with E-state index in [-0.39, 0.29) is 6.04 Å². The van der Waals surface area contributed by atoms with E-state index in [4.69, 9.17) is 22.7 Å². The van der Waals surface area contributed by atoms with E-state index in [2.05, 4.69) is 11.6 Å². The summed E-state index contributed by atoms with van der Waals surface area (Å²) in [4.78, 5) is 3.99. The van der Waals surface area contributed by atoms with Crippen LogP contribution >= 0.6 is 11.6 Å². The molecule has 1 atom stereocenters. The predicted octanol–water partition coefficient (Wildman–Crippen LogP) is 2.55. The molecule has 0 saturated heterocycles. The third-order valence-corrected chi connectivity index (χ3v) is 3.22. The van der Waals surface area contributed by atoms with Gasteiger partial charge >= 0.3 is 0 Å². The molecule has 0 saturated carbocycles. The van der Waals surface area contributed by atoms with Crippen LogP contribution in [0.3, 0.4) is 0 Å². The summed E-state index contributed by atoms with van der Waals surface area (Å²) < 4.78 is 1.77. The summed E-state index contributed by atoms with van der Waals surface area (Å²) in [5.74, 6) is 0. The maximum Gasteiger partial charge on any atom is 0.134 e. The van der Waals surface area contributed by atoms with E-state index in [1.54, 1.807) is 29.2 Å². The zero-order valence-corrected chi connectivity index (χ0v) is 11.4. The third kappa shape index (κ3) is 2.69. The number of nitrogens with zero attached hydrogens (tertiary/aromatic N) is 2. The van der Waals surface area contributed by atoms with Crippen LogP contribution in [-0.2, 0) is 0 Å². The molecule has 4 nitrogen and oxygen atoms in total. The van der Waals surface area contributed by atoms with E-state index >= 15 is 0 Å². The summed E-state index contributed by atoms with van der Waals surface area (Å²) in [7, 11) is 0. The molecule has 3 N–H and O–H groups in total. The van der Waals surface area contributed by atoms with Gasteiger partial charge < -0.3 is 10.3 Å². The second-order valence-corrected chi connectivity index (χ2v) is 4.75. The van der Waals surface area contributed by atoms with E-state index in [1.165, 1.54) is 0 Å². The number of hydrogen-bond donors (Lipinski definition) is 2. The second-order valence-electron chi connectivity index (χ2n) is 4.31. The molecule has 19 heavy (non-hydrogen) atoms. The average Bonchev–Trinajstić information content (AvgIpc) is 2.41. The molecular formula is C14H15ClN4. The van der Waals surface area contributed by atoms with Crippen LogP contribution in [0.15, 0.2) is 43.4 Å². The lowest BCUT2D eigenvalue weighted by Crippen LogP contribution is -2.27. The Balaban J connectivity index is 2.57. The lowest BCUT2D eigenvalue weighted by Gasteiger charge is -2.18. The number of pyridine rings is 2. The van der Waals surface area contributed by atoms with Gasteiger partial charge in [0.1, 0.15) is 5.49 Å². The van der Waals surface area contributed by atoms with Crippen LogP contribution in [0.1, 0.15) is 24.1 Å². The van der Waals surface area contributed by atoms with Gasteiger partial charge in [-0.05, 0) is 30.7 Å². The highest BCUT2D eigenvalue weighted by atomic mass is 35.5. The average molecular weight is 275 g/mol. The van der Waals surface area contributed by atoms with Gasteiger partial charge in [-0.1, -0.05) is 18.2 Å². The molecule has 0 aliphatic carbocycles. The standard InChI is InChI=1S/C14H15ClN4/c1-9(16)13-7-12(15)8-19(14(13)17)10(2)11-3-5-18-6-4-11/h3-8,10,17H,1,16H2,2H3. The van der Waals surface area contributed by atoms with Crippen molar-refractivity contribution >= 4 is 17.3 Å². The zero-order valence-electron chi connectivity index (χ0n) is 10.6. The quantitative estimate of drug-likeness (QED) is 0.903. The van der Waals surface area contributed by atoms with Gasteiger partial charge in [0, 0.05) is 29.9 Å². The Labute approximate surface area is 116 Å². The van der Waals surface area contributed by atoms with Crippen LogP contribution in [0.4, 0.5) is 0 Å². The van der Waals surface area contributed by atoms with Crippen molar-refractivity contribution in [3.05, 3.63) is 65.0 Å². The maximum absolute atomic E-state index is 8.20. The minimum Gasteiger partial charge on any atom is -0.399 e. The molecule has 2 aromatic heterocycles. The summed E-state index contributed by atoms with van der Waals surface area (Å²) in [6.07, 6.45) is 5.17. The Hall–Kier alpha value is -2.07. The van der Waals surface area contributed by atoms with Crippen molar-refractivity contribution in [2.45, 2.75) is 13.0 Å². The summed E-state index contributed by atoms with van der Waals surface area (Å²) in [6, 6.07) is 5.44. The van der Waals surface area contributed by atoms with Crippen molar-refractivity contribution in [2.24, 2.45) is 5.73 Å². The predicted molar refractivity (Wildman–Crippen MR) is 76.6 cm³/mol. The van der Waals surface area contributed by atoms with Crippen LogP contribution in [0, 0.1) is 5.41 Å². The van der Waals surface area contributed by atoms with Crippen molar-refractivity contribution in [3.63, 3.8) is 0 Å². The van der Waals surface area contributed by atoms with Crippen LogP contribution in [0.25, 0.3) is 5.70 Å². The van der Waals surface area contributed by atoms with Crippen LogP contribution in [0.5, 0.6) is 0 Å². The molecule has 1 unspecified atom stereocenters. The fraction of sp³-hybridized carbons (Fsp3) is 0.143. The van der Waals surface area contributed by atoms with E-state index in [9.17, 15) is 0 Å². The molecule has 2 rings (SSSR count). The monoisotopic (exact) mass is 274 g/mol. The molecule has 0 spiro atoms. The van der Waals surface area contributed by atoms with Crippen molar-refractivity contribution in [1.82, 2.24) is 9.55 Å². The summed E-state index contributed by atoms with van der Waals surface area (Å²) in [5.41, 5.74) is 7.92. The molecule has 0 aliphatic rings. The minimum atomic E-state index is -0.0349. The first-order valence-electron chi connectivity index (χ1n) is 5.81. The maximum atomic E-state index is 8.20. The fourth-order valence-corrected chi connectivity index (χ4v) is 2.15. The number of halogens is 1.